The Hall–Kier alpha value is -0.210. The maximum atomic E-state index is 12.6. The van der Waals surface area contributed by atoms with E-state index in [0.717, 1.165) is 58.4 Å². The zero-order valence-electron chi connectivity index (χ0n) is 14.1. The Bertz CT molecular complexity index is 465. The predicted molar refractivity (Wildman–Crippen MR) is 90.6 cm³/mol. The molecule has 3 aliphatic rings. The number of hydrogen-bond acceptors (Lipinski definition) is 4. The number of morpholine rings is 1. The number of piperidine rings is 1. The first kappa shape index (κ1) is 17.6. The molecule has 3 rings (SSSR count). The second-order valence-corrected chi connectivity index (χ2v) is 8.93. The third kappa shape index (κ3) is 4.25. The monoisotopic (exact) mass is 345 g/mol. The molecule has 3 fully saturated rings. The molecule has 2 saturated heterocycles. The third-order valence-corrected chi connectivity index (χ3v) is 7.26. The highest BCUT2D eigenvalue weighted by Gasteiger charge is 2.40. The van der Waals surface area contributed by atoms with Gasteiger partial charge in [-0.2, -0.15) is 12.7 Å². The summed E-state index contributed by atoms with van der Waals surface area (Å²) in [6.07, 6.45) is 8.95. The van der Waals surface area contributed by atoms with Gasteiger partial charge in [-0.25, -0.2) is 4.72 Å². The van der Waals surface area contributed by atoms with Crippen LogP contribution in [0, 0.1) is 0 Å². The van der Waals surface area contributed by atoms with Crippen LogP contribution in [-0.2, 0) is 14.9 Å². The molecule has 0 radical (unpaired) electrons. The summed E-state index contributed by atoms with van der Waals surface area (Å²) in [6, 6.07) is 0. The van der Waals surface area contributed by atoms with Crippen LogP contribution in [0.3, 0.4) is 0 Å². The molecule has 2 heterocycles. The minimum absolute atomic E-state index is 0.00904. The Balaban J connectivity index is 1.66. The Morgan fingerprint density at radius 3 is 2.13 bits per heavy atom. The fourth-order valence-corrected chi connectivity index (χ4v) is 5.65. The molecule has 2 aliphatic heterocycles. The SMILES string of the molecule is O=S(=O)(NCC1(N2CCOCC2)CCCCC1)N1CCCCC1. The lowest BCUT2D eigenvalue weighted by molar-refractivity contribution is -0.0350. The Morgan fingerprint density at radius 2 is 1.48 bits per heavy atom. The lowest BCUT2D eigenvalue weighted by Crippen LogP contribution is -2.60. The molecular weight excluding hydrogens is 314 g/mol. The van der Waals surface area contributed by atoms with Gasteiger partial charge in [0.05, 0.1) is 13.2 Å². The van der Waals surface area contributed by atoms with Crippen LogP contribution in [0.25, 0.3) is 0 Å². The van der Waals surface area contributed by atoms with E-state index in [-0.39, 0.29) is 5.54 Å². The fourth-order valence-electron chi connectivity index (χ4n) is 4.27. The summed E-state index contributed by atoms with van der Waals surface area (Å²) in [4.78, 5) is 2.48. The lowest BCUT2D eigenvalue weighted by Gasteiger charge is -2.48. The molecule has 1 aliphatic carbocycles. The summed E-state index contributed by atoms with van der Waals surface area (Å²) in [5.41, 5.74) is -0.00904. The van der Waals surface area contributed by atoms with Gasteiger partial charge < -0.3 is 4.74 Å². The Labute approximate surface area is 140 Å². The number of nitrogens with one attached hydrogen (secondary N) is 1. The molecule has 6 nitrogen and oxygen atoms in total. The molecule has 1 N–H and O–H groups in total. The van der Waals surface area contributed by atoms with Gasteiger partial charge in [0.25, 0.3) is 10.2 Å². The standard InChI is InChI=1S/C16H31N3O3S/c20-23(21,19-9-5-2-6-10-19)17-15-16(7-3-1-4-8-16)18-11-13-22-14-12-18/h17H,1-15H2. The van der Waals surface area contributed by atoms with E-state index in [4.69, 9.17) is 4.74 Å². The summed E-state index contributed by atoms with van der Waals surface area (Å²) in [6.45, 7) is 5.25. The minimum atomic E-state index is -3.33. The average molecular weight is 346 g/mol. The maximum absolute atomic E-state index is 12.6. The number of nitrogens with zero attached hydrogens (tertiary/aromatic N) is 2. The van der Waals surface area contributed by atoms with Gasteiger partial charge in [-0.1, -0.05) is 25.7 Å². The van der Waals surface area contributed by atoms with Crippen molar-refractivity contribution in [2.75, 3.05) is 45.9 Å². The molecule has 23 heavy (non-hydrogen) atoms. The van der Waals surface area contributed by atoms with E-state index < -0.39 is 10.2 Å². The first-order valence-corrected chi connectivity index (χ1v) is 10.6. The van der Waals surface area contributed by atoms with Gasteiger partial charge in [-0.05, 0) is 25.7 Å². The average Bonchev–Trinajstić information content (AvgIpc) is 2.62. The van der Waals surface area contributed by atoms with E-state index in [0.29, 0.717) is 19.6 Å². The van der Waals surface area contributed by atoms with Crippen molar-refractivity contribution < 1.29 is 13.2 Å². The maximum Gasteiger partial charge on any atom is 0.279 e. The zero-order valence-corrected chi connectivity index (χ0v) is 15.0. The molecule has 0 spiro atoms. The summed E-state index contributed by atoms with van der Waals surface area (Å²) in [7, 11) is -3.33. The first-order chi connectivity index (χ1) is 11.1. The summed E-state index contributed by atoms with van der Waals surface area (Å²) >= 11 is 0. The van der Waals surface area contributed by atoms with Crippen LogP contribution in [0.1, 0.15) is 51.4 Å². The van der Waals surface area contributed by atoms with Gasteiger partial charge in [-0.15, -0.1) is 0 Å². The van der Waals surface area contributed by atoms with Crippen LogP contribution in [0.4, 0.5) is 0 Å². The molecule has 0 aromatic rings. The second-order valence-electron chi connectivity index (χ2n) is 7.17. The van der Waals surface area contributed by atoms with Crippen molar-refractivity contribution in [3.63, 3.8) is 0 Å². The van der Waals surface area contributed by atoms with Crippen LogP contribution in [0.2, 0.25) is 0 Å². The zero-order chi connectivity index (χ0) is 16.2. The number of ether oxygens (including phenoxy) is 1. The van der Waals surface area contributed by atoms with Crippen molar-refractivity contribution in [2.45, 2.75) is 56.9 Å². The third-order valence-electron chi connectivity index (χ3n) is 5.70. The fraction of sp³-hybridized carbons (Fsp3) is 1.00. The molecule has 0 unspecified atom stereocenters. The van der Waals surface area contributed by atoms with E-state index in [1.165, 1.54) is 19.3 Å². The van der Waals surface area contributed by atoms with E-state index in [9.17, 15) is 8.42 Å². The van der Waals surface area contributed by atoms with Gasteiger partial charge >= 0.3 is 0 Å². The van der Waals surface area contributed by atoms with Crippen LogP contribution in [-0.4, -0.2) is 69.1 Å². The molecule has 0 aromatic heterocycles. The topological polar surface area (TPSA) is 61.9 Å². The normalized spacial score (nSPS) is 27.8. The van der Waals surface area contributed by atoms with Gasteiger partial charge in [0, 0.05) is 38.3 Å². The summed E-state index contributed by atoms with van der Waals surface area (Å²) < 4.78 is 35.3. The quantitative estimate of drug-likeness (QED) is 0.817. The molecule has 134 valence electrons. The van der Waals surface area contributed by atoms with Crippen LogP contribution >= 0.6 is 0 Å². The summed E-state index contributed by atoms with van der Waals surface area (Å²) in [5, 5.41) is 0. The molecule has 0 bridgehead atoms. The number of rotatable bonds is 5. The second kappa shape index (κ2) is 7.78. The first-order valence-electron chi connectivity index (χ1n) is 9.20. The highest BCUT2D eigenvalue weighted by molar-refractivity contribution is 7.87. The highest BCUT2D eigenvalue weighted by Crippen LogP contribution is 2.34. The molecular formula is C16H31N3O3S. The van der Waals surface area contributed by atoms with Gasteiger partial charge in [0.15, 0.2) is 0 Å². The smallest absolute Gasteiger partial charge is 0.279 e. The molecule has 0 atom stereocenters. The Kier molecular flexibility index (Phi) is 5.96. The minimum Gasteiger partial charge on any atom is -0.379 e. The van der Waals surface area contributed by atoms with Crippen molar-refractivity contribution in [1.82, 2.24) is 13.9 Å². The molecule has 0 aromatic carbocycles. The largest absolute Gasteiger partial charge is 0.379 e. The van der Waals surface area contributed by atoms with Crippen molar-refractivity contribution >= 4 is 10.2 Å². The lowest BCUT2D eigenvalue weighted by atomic mass is 9.80. The predicted octanol–water partition coefficient (Wildman–Crippen LogP) is 1.34. The van der Waals surface area contributed by atoms with E-state index >= 15 is 0 Å². The van der Waals surface area contributed by atoms with E-state index in [1.54, 1.807) is 4.31 Å². The summed E-state index contributed by atoms with van der Waals surface area (Å²) in [5.74, 6) is 0. The van der Waals surface area contributed by atoms with Crippen molar-refractivity contribution in [1.29, 1.82) is 0 Å². The van der Waals surface area contributed by atoms with E-state index in [1.807, 2.05) is 0 Å². The van der Waals surface area contributed by atoms with Gasteiger partial charge in [-0.3, -0.25) is 4.90 Å². The van der Waals surface area contributed by atoms with E-state index in [2.05, 4.69) is 9.62 Å². The molecule has 7 heteroatoms. The van der Waals surface area contributed by atoms with Crippen LogP contribution in [0.15, 0.2) is 0 Å². The number of hydrogen-bond donors (Lipinski definition) is 1. The van der Waals surface area contributed by atoms with Crippen molar-refractivity contribution in [2.24, 2.45) is 0 Å². The van der Waals surface area contributed by atoms with Gasteiger partial charge in [0.1, 0.15) is 0 Å². The van der Waals surface area contributed by atoms with Crippen LogP contribution in [0.5, 0.6) is 0 Å². The molecule has 0 amide bonds. The van der Waals surface area contributed by atoms with Crippen molar-refractivity contribution in [3.8, 4) is 0 Å². The van der Waals surface area contributed by atoms with Gasteiger partial charge in [0.2, 0.25) is 0 Å². The van der Waals surface area contributed by atoms with Crippen molar-refractivity contribution in [3.05, 3.63) is 0 Å². The highest BCUT2D eigenvalue weighted by atomic mass is 32.2. The molecule has 1 saturated carbocycles. The Morgan fingerprint density at radius 1 is 0.870 bits per heavy atom. The van der Waals surface area contributed by atoms with Crippen LogP contribution < -0.4 is 4.72 Å².